The van der Waals surface area contributed by atoms with E-state index in [1.165, 1.54) is 6.20 Å². The van der Waals surface area contributed by atoms with Crippen molar-refractivity contribution < 1.29 is 9.53 Å². The number of amides is 1. The molecule has 1 atom stereocenters. The number of aromatic nitrogens is 1. The Morgan fingerprint density at radius 1 is 1.33 bits per heavy atom. The molecule has 0 spiro atoms. The van der Waals surface area contributed by atoms with Gasteiger partial charge >= 0.3 is 0 Å². The van der Waals surface area contributed by atoms with Gasteiger partial charge in [-0.25, -0.2) is 0 Å². The van der Waals surface area contributed by atoms with Gasteiger partial charge in [-0.1, -0.05) is 6.07 Å². The summed E-state index contributed by atoms with van der Waals surface area (Å²) >= 11 is 0. The van der Waals surface area contributed by atoms with Crippen molar-refractivity contribution in [2.45, 2.75) is 18.9 Å². The van der Waals surface area contributed by atoms with Crippen LogP contribution in [0.1, 0.15) is 28.8 Å². The fraction of sp³-hybridized carbons (Fsp3) is 0.278. The Balaban J connectivity index is 1.64. The first kappa shape index (κ1) is 16.0. The number of nitriles is 1. The molecule has 1 aliphatic rings. The van der Waals surface area contributed by atoms with E-state index in [1.54, 1.807) is 36.5 Å². The minimum atomic E-state index is -0.265. The molecule has 1 fully saturated rings. The number of ether oxygens (including phenoxy) is 1. The quantitative estimate of drug-likeness (QED) is 0.884. The maximum Gasteiger partial charge on any atom is 0.257 e. The lowest BCUT2D eigenvalue weighted by Gasteiger charge is -2.12. The third-order valence-corrected chi connectivity index (χ3v) is 3.81. The minimum Gasteiger partial charge on any atom is -0.381 e. The average molecular weight is 322 g/mol. The van der Waals surface area contributed by atoms with Gasteiger partial charge in [0.2, 0.25) is 0 Å². The molecule has 2 aromatic rings. The number of nitrogens with zero attached hydrogens (tertiary/aromatic N) is 2. The Kier molecular flexibility index (Phi) is 5.04. The molecule has 24 heavy (non-hydrogen) atoms. The summed E-state index contributed by atoms with van der Waals surface area (Å²) in [5.74, 6) is -0.265. The second-order valence-corrected chi connectivity index (χ2v) is 5.62. The zero-order valence-electron chi connectivity index (χ0n) is 13.2. The van der Waals surface area contributed by atoms with E-state index in [1.807, 2.05) is 6.07 Å². The van der Waals surface area contributed by atoms with Gasteiger partial charge in [0.15, 0.2) is 0 Å². The van der Waals surface area contributed by atoms with Crippen molar-refractivity contribution in [3.63, 3.8) is 0 Å². The summed E-state index contributed by atoms with van der Waals surface area (Å²) in [5, 5.41) is 14.9. The Bertz CT molecular complexity index is 764. The zero-order valence-corrected chi connectivity index (χ0v) is 13.2. The van der Waals surface area contributed by atoms with Crippen LogP contribution in [0.3, 0.4) is 0 Å². The number of carbonyl (C=O) groups excluding carboxylic acids is 1. The summed E-state index contributed by atoms with van der Waals surface area (Å²) < 4.78 is 5.56. The lowest BCUT2D eigenvalue weighted by molar-refractivity contribution is 0.102. The number of hydrogen-bond acceptors (Lipinski definition) is 5. The number of hydrogen-bond donors (Lipinski definition) is 2. The molecule has 1 aromatic heterocycles. The monoisotopic (exact) mass is 322 g/mol. The molecule has 122 valence electrons. The largest absolute Gasteiger partial charge is 0.381 e. The molecule has 2 N–H and O–H groups in total. The van der Waals surface area contributed by atoms with Crippen molar-refractivity contribution in [2.75, 3.05) is 23.8 Å². The van der Waals surface area contributed by atoms with E-state index in [-0.39, 0.29) is 12.0 Å². The van der Waals surface area contributed by atoms with Crippen LogP contribution in [0.25, 0.3) is 0 Å². The summed E-state index contributed by atoms with van der Waals surface area (Å²) in [4.78, 5) is 16.4. The van der Waals surface area contributed by atoms with Crippen LogP contribution in [0.4, 0.5) is 11.4 Å². The fourth-order valence-electron chi connectivity index (χ4n) is 2.57. The Hall–Kier alpha value is -2.91. The predicted octanol–water partition coefficient (Wildman–Crippen LogP) is 2.80. The number of rotatable bonds is 5. The van der Waals surface area contributed by atoms with Crippen molar-refractivity contribution >= 4 is 17.3 Å². The van der Waals surface area contributed by atoms with E-state index >= 15 is 0 Å². The van der Waals surface area contributed by atoms with Crippen LogP contribution < -0.4 is 10.6 Å². The molecule has 6 heteroatoms. The maximum atomic E-state index is 12.3. The van der Waals surface area contributed by atoms with Gasteiger partial charge in [-0.05, 0) is 37.1 Å². The predicted molar refractivity (Wildman–Crippen MR) is 90.8 cm³/mol. The van der Waals surface area contributed by atoms with Gasteiger partial charge in [-0.2, -0.15) is 5.26 Å². The maximum absolute atomic E-state index is 12.3. The molecule has 0 saturated carbocycles. The fourth-order valence-corrected chi connectivity index (χ4v) is 2.57. The van der Waals surface area contributed by atoms with Crippen LogP contribution >= 0.6 is 0 Å². The van der Waals surface area contributed by atoms with Crippen molar-refractivity contribution in [3.05, 3.63) is 53.9 Å². The summed E-state index contributed by atoms with van der Waals surface area (Å²) in [6.07, 6.45) is 5.56. The van der Waals surface area contributed by atoms with Crippen molar-refractivity contribution in [1.29, 1.82) is 5.26 Å². The number of pyridine rings is 1. The third-order valence-electron chi connectivity index (χ3n) is 3.81. The highest BCUT2D eigenvalue weighted by atomic mass is 16.5. The van der Waals surface area contributed by atoms with Crippen LogP contribution in [-0.2, 0) is 4.74 Å². The van der Waals surface area contributed by atoms with Gasteiger partial charge in [0.25, 0.3) is 5.91 Å². The normalized spacial score (nSPS) is 16.4. The molecule has 0 radical (unpaired) electrons. The molecular formula is C18H18N4O2. The molecule has 1 saturated heterocycles. The molecule has 0 bridgehead atoms. The highest BCUT2D eigenvalue weighted by Crippen LogP contribution is 2.16. The molecule has 3 rings (SSSR count). The second-order valence-electron chi connectivity index (χ2n) is 5.62. The summed E-state index contributed by atoms with van der Waals surface area (Å²) in [6.45, 7) is 1.52. The van der Waals surface area contributed by atoms with E-state index < -0.39 is 0 Å². The molecule has 2 heterocycles. The molecule has 1 aliphatic heterocycles. The van der Waals surface area contributed by atoms with Crippen LogP contribution in [-0.4, -0.2) is 30.1 Å². The molecule has 1 amide bonds. The molecule has 1 aromatic carbocycles. The van der Waals surface area contributed by atoms with Gasteiger partial charge in [0.05, 0.1) is 29.0 Å². The molecular weight excluding hydrogens is 304 g/mol. The lowest BCUT2D eigenvalue weighted by Crippen LogP contribution is -2.19. The van der Waals surface area contributed by atoms with Gasteiger partial charge in [-0.15, -0.1) is 0 Å². The van der Waals surface area contributed by atoms with Crippen LogP contribution in [0.2, 0.25) is 0 Å². The van der Waals surface area contributed by atoms with E-state index in [4.69, 9.17) is 10.00 Å². The number of nitrogens with one attached hydrogen (secondary N) is 2. The number of benzene rings is 1. The van der Waals surface area contributed by atoms with Gasteiger partial charge in [0.1, 0.15) is 0 Å². The van der Waals surface area contributed by atoms with E-state index in [9.17, 15) is 4.79 Å². The standard InChI is InChI=1S/C18H18N4O2/c19-9-13-3-1-4-15(7-13)22-18(23)14-8-16(11-20-10-14)21-12-17-5-2-6-24-17/h1,3-4,7-8,10-11,17,21H,2,5-6,12H2,(H,22,23). The first-order valence-corrected chi connectivity index (χ1v) is 7.86. The van der Waals surface area contributed by atoms with E-state index in [0.717, 1.165) is 25.1 Å². The highest BCUT2D eigenvalue weighted by molar-refractivity contribution is 6.04. The highest BCUT2D eigenvalue weighted by Gasteiger charge is 2.15. The molecule has 0 aliphatic carbocycles. The van der Waals surface area contributed by atoms with Gasteiger partial charge < -0.3 is 15.4 Å². The van der Waals surface area contributed by atoms with E-state index in [2.05, 4.69) is 15.6 Å². The average Bonchev–Trinajstić information content (AvgIpc) is 3.14. The first-order chi connectivity index (χ1) is 11.7. The van der Waals surface area contributed by atoms with Gasteiger partial charge in [-0.3, -0.25) is 9.78 Å². The van der Waals surface area contributed by atoms with Crippen molar-refractivity contribution in [2.24, 2.45) is 0 Å². The molecule has 6 nitrogen and oxygen atoms in total. The smallest absolute Gasteiger partial charge is 0.257 e. The van der Waals surface area contributed by atoms with Crippen molar-refractivity contribution in [3.8, 4) is 6.07 Å². The van der Waals surface area contributed by atoms with Crippen LogP contribution in [0, 0.1) is 11.3 Å². The summed E-state index contributed by atoms with van der Waals surface area (Å²) in [7, 11) is 0. The van der Waals surface area contributed by atoms with Crippen molar-refractivity contribution in [1.82, 2.24) is 4.98 Å². The minimum absolute atomic E-state index is 0.219. The Morgan fingerprint density at radius 3 is 3.04 bits per heavy atom. The number of anilines is 2. The first-order valence-electron chi connectivity index (χ1n) is 7.86. The van der Waals surface area contributed by atoms with E-state index in [0.29, 0.717) is 23.4 Å². The van der Waals surface area contributed by atoms with Crippen LogP contribution in [0.5, 0.6) is 0 Å². The topological polar surface area (TPSA) is 87.0 Å². The van der Waals surface area contributed by atoms with Crippen LogP contribution in [0.15, 0.2) is 42.7 Å². The summed E-state index contributed by atoms with van der Waals surface area (Å²) in [5.41, 5.74) is 2.31. The molecule has 1 unspecified atom stereocenters. The SMILES string of the molecule is N#Cc1cccc(NC(=O)c2cncc(NCC3CCCO3)c2)c1. The lowest BCUT2D eigenvalue weighted by atomic mass is 10.2. The Labute approximate surface area is 140 Å². The second kappa shape index (κ2) is 7.57. The number of carbonyl (C=O) groups is 1. The summed E-state index contributed by atoms with van der Waals surface area (Å²) in [6, 6.07) is 10.6. The third kappa shape index (κ3) is 4.09. The van der Waals surface area contributed by atoms with Gasteiger partial charge in [0, 0.05) is 31.2 Å². The Morgan fingerprint density at radius 2 is 2.25 bits per heavy atom. The zero-order chi connectivity index (χ0) is 16.8.